The van der Waals surface area contributed by atoms with Gasteiger partial charge in [0.2, 0.25) is 0 Å². The van der Waals surface area contributed by atoms with E-state index in [4.69, 9.17) is 16.9 Å². The summed E-state index contributed by atoms with van der Waals surface area (Å²) in [6.07, 6.45) is 1.95. The topological polar surface area (TPSA) is 41.6 Å². The van der Waals surface area contributed by atoms with Crippen molar-refractivity contribution in [2.24, 2.45) is 5.92 Å². The molecule has 2 unspecified atom stereocenters. The fourth-order valence-corrected chi connectivity index (χ4v) is 2.72. The molecule has 0 spiro atoms. The number of hydrogen-bond acceptors (Lipinski definition) is 2. The van der Waals surface area contributed by atoms with Gasteiger partial charge in [0.1, 0.15) is 17.4 Å². The molecule has 2 aromatic rings. The van der Waals surface area contributed by atoms with E-state index in [-0.39, 0.29) is 0 Å². The maximum absolute atomic E-state index is 9.15. The summed E-state index contributed by atoms with van der Waals surface area (Å²) in [5, 5.41) is 9.15. The fraction of sp³-hybridized carbons (Fsp3) is 0.429. The summed E-state index contributed by atoms with van der Waals surface area (Å²) in [5.41, 5.74) is 2.54. The van der Waals surface area contributed by atoms with Crippen molar-refractivity contribution in [3.8, 4) is 6.07 Å². The van der Waals surface area contributed by atoms with Crippen molar-refractivity contribution in [3.05, 3.63) is 29.6 Å². The van der Waals surface area contributed by atoms with E-state index in [1.54, 1.807) is 0 Å². The molecule has 1 aliphatic rings. The number of benzene rings is 1. The summed E-state index contributed by atoms with van der Waals surface area (Å²) in [6, 6.07) is 8.54. The SMILES string of the molecule is CC1CC1n1c(CCCl)nc2c(C#N)cccc21. The molecule has 4 heteroatoms. The molecule has 0 amide bonds. The molecule has 18 heavy (non-hydrogen) atoms. The van der Waals surface area contributed by atoms with Crippen molar-refractivity contribution >= 4 is 22.6 Å². The average molecular weight is 260 g/mol. The van der Waals surface area contributed by atoms with Crippen LogP contribution in [0.2, 0.25) is 0 Å². The van der Waals surface area contributed by atoms with E-state index in [1.807, 2.05) is 18.2 Å². The molecule has 0 bridgehead atoms. The Morgan fingerprint density at radius 3 is 2.94 bits per heavy atom. The highest BCUT2D eigenvalue weighted by molar-refractivity contribution is 6.17. The zero-order valence-electron chi connectivity index (χ0n) is 10.2. The number of aromatic nitrogens is 2. The normalized spacial score (nSPS) is 22.1. The van der Waals surface area contributed by atoms with Crippen LogP contribution in [0, 0.1) is 17.2 Å². The highest BCUT2D eigenvalue weighted by Crippen LogP contribution is 2.45. The molecule has 0 aliphatic heterocycles. The van der Waals surface area contributed by atoms with Crippen molar-refractivity contribution in [2.75, 3.05) is 5.88 Å². The Labute approximate surface area is 111 Å². The van der Waals surface area contributed by atoms with Gasteiger partial charge in [-0.15, -0.1) is 11.6 Å². The zero-order chi connectivity index (χ0) is 12.7. The zero-order valence-corrected chi connectivity index (χ0v) is 11.0. The maximum atomic E-state index is 9.15. The number of para-hydroxylation sites is 1. The second-order valence-electron chi connectivity index (χ2n) is 4.90. The minimum atomic E-state index is 0.530. The van der Waals surface area contributed by atoms with E-state index in [0.717, 1.165) is 23.3 Å². The van der Waals surface area contributed by atoms with E-state index < -0.39 is 0 Å². The van der Waals surface area contributed by atoms with E-state index in [1.165, 1.54) is 6.42 Å². The fourth-order valence-electron chi connectivity index (χ4n) is 2.55. The predicted molar refractivity (Wildman–Crippen MR) is 71.7 cm³/mol. The second-order valence-corrected chi connectivity index (χ2v) is 5.28. The van der Waals surface area contributed by atoms with Gasteiger partial charge < -0.3 is 4.57 Å². The van der Waals surface area contributed by atoms with Gasteiger partial charge in [0.25, 0.3) is 0 Å². The predicted octanol–water partition coefficient (Wildman–Crippen LogP) is 3.27. The van der Waals surface area contributed by atoms with Gasteiger partial charge in [-0.25, -0.2) is 4.98 Å². The summed E-state index contributed by atoms with van der Waals surface area (Å²) in [4.78, 5) is 4.62. The summed E-state index contributed by atoms with van der Waals surface area (Å²) in [5.74, 6) is 2.27. The first-order chi connectivity index (χ1) is 8.76. The highest BCUT2D eigenvalue weighted by Gasteiger charge is 2.36. The number of imidazole rings is 1. The van der Waals surface area contributed by atoms with Crippen LogP contribution in [0.5, 0.6) is 0 Å². The molecule has 1 aliphatic carbocycles. The molecule has 0 saturated heterocycles. The Morgan fingerprint density at radius 2 is 2.33 bits per heavy atom. The first-order valence-corrected chi connectivity index (χ1v) is 6.75. The molecule has 3 rings (SSSR count). The third-order valence-electron chi connectivity index (χ3n) is 3.63. The minimum absolute atomic E-state index is 0.530. The molecule has 1 heterocycles. The van der Waals surface area contributed by atoms with Gasteiger partial charge in [0.05, 0.1) is 11.1 Å². The maximum Gasteiger partial charge on any atom is 0.111 e. The van der Waals surface area contributed by atoms with Gasteiger partial charge in [-0.3, -0.25) is 0 Å². The quantitative estimate of drug-likeness (QED) is 0.794. The van der Waals surface area contributed by atoms with Crippen molar-refractivity contribution in [2.45, 2.75) is 25.8 Å². The summed E-state index contributed by atoms with van der Waals surface area (Å²) >= 11 is 5.85. The molecule has 3 nitrogen and oxygen atoms in total. The Hall–Kier alpha value is -1.53. The van der Waals surface area contributed by atoms with Crippen molar-refractivity contribution in [1.82, 2.24) is 9.55 Å². The Bertz CT molecular complexity index is 638. The molecule has 1 aromatic carbocycles. The number of rotatable bonds is 3. The average Bonchev–Trinajstić information content (AvgIpc) is 2.97. The lowest BCUT2D eigenvalue weighted by Gasteiger charge is -2.06. The molecule has 0 radical (unpaired) electrons. The smallest absolute Gasteiger partial charge is 0.111 e. The van der Waals surface area contributed by atoms with Crippen LogP contribution in [0.25, 0.3) is 11.0 Å². The number of alkyl halides is 1. The third-order valence-corrected chi connectivity index (χ3v) is 3.82. The number of fused-ring (bicyclic) bond motifs is 1. The van der Waals surface area contributed by atoms with Gasteiger partial charge in [-0.1, -0.05) is 13.0 Å². The Kier molecular flexibility index (Phi) is 2.76. The van der Waals surface area contributed by atoms with Crippen LogP contribution in [-0.2, 0) is 6.42 Å². The van der Waals surface area contributed by atoms with Crippen molar-refractivity contribution in [3.63, 3.8) is 0 Å². The number of nitriles is 1. The van der Waals surface area contributed by atoms with E-state index in [2.05, 4.69) is 22.5 Å². The Morgan fingerprint density at radius 1 is 1.56 bits per heavy atom. The molecule has 0 N–H and O–H groups in total. The van der Waals surface area contributed by atoms with Crippen molar-refractivity contribution in [1.29, 1.82) is 5.26 Å². The standard InChI is InChI=1S/C14H14ClN3/c1-9-7-12(9)18-11-4-2-3-10(8-16)14(11)17-13(18)5-6-15/h2-4,9,12H,5-7H2,1H3. The minimum Gasteiger partial charge on any atom is -0.325 e. The molecule has 92 valence electrons. The van der Waals surface area contributed by atoms with Crippen LogP contribution in [0.4, 0.5) is 0 Å². The second kappa shape index (κ2) is 4.29. The molecular weight excluding hydrogens is 246 g/mol. The lowest BCUT2D eigenvalue weighted by Crippen LogP contribution is -2.03. The summed E-state index contributed by atoms with van der Waals surface area (Å²) in [7, 11) is 0. The summed E-state index contributed by atoms with van der Waals surface area (Å²) in [6.45, 7) is 2.25. The number of aryl methyl sites for hydroxylation is 1. The van der Waals surface area contributed by atoms with Gasteiger partial charge in [-0.2, -0.15) is 5.26 Å². The lowest BCUT2D eigenvalue weighted by atomic mass is 10.2. The molecule has 1 aromatic heterocycles. The molecular formula is C14H14ClN3. The monoisotopic (exact) mass is 259 g/mol. The van der Waals surface area contributed by atoms with Gasteiger partial charge in [0, 0.05) is 18.3 Å². The third kappa shape index (κ3) is 1.69. The Balaban J connectivity index is 2.23. The van der Waals surface area contributed by atoms with Crippen molar-refractivity contribution < 1.29 is 0 Å². The van der Waals surface area contributed by atoms with Gasteiger partial charge >= 0.3 is 0 Å². The molecule has 1 saturated carbocycles. The number of hydrogen-bond donors (Lipinski definition) is 0. The molecule has 2 atom stereocenters. The molecule has 1 fully saturated rings. The van der Waals surface area contributed by atoms with Crippen LogP contribution < -0.4 is 0 Å². The number of nitrogens with zero attached hydrogens (tertiary/aromatic N) is 3. The lowest BCUT2D eigenvalue weighted by molar-refractivity contribution is 0.665. The first-order valence-electron chi connectivity index (χ1n) is 6.22. The van der Waals surface area contributed by atoms with Gasteiger partial charge in [0.15, 0.2) is 0 Å². The highest BCUT2D eigenvalue weighted by atomic mass is 35.5. The van der Waals surface area contributed by atoms with Crippen LogP contribution in [0.1, 0.15) is 30.8 Å². The van der Waals surface area contributed by atoms with E-state index >= 15 is 0 Å². The number of halogens is 1. The summed E-state index contributed by atoms with van der Waals surface area (Å²) < 4.78 is 2.28. The van der Waals surface area contributed by atoms with E-state index in [0.29, 0.717) is 23.4 Å². The van der Waals surface area contributed by atoms with Crippen LogP contribution >= 0.6 is 11.6 Å². The van der Waals surface area contributed by atoms with E-state index in [9.17, 15) is 0 Å². The largest absolute Gasteiger partial charge is 0.325 e. The van der Waals surface area contributed by atoms with Crippen LogP contribution in [0.15, 0.2) is 18.2 Å². The first kappa shape index (κ1) is 11.6. The van der Waals surface area contributed by atoms with Crippen LogP contribution in [-0.4, -0.2) is 15.4 Å². The van der Waals surface area contributed by atoms with Crippen LogP contribution in [0.3, 0.4) is 0 Å². The van der Waals surface area contributed by atoms with Gasteiger partial charge in [-0.05, 0) is 24.5 Å².